The Kier molecular flexibility index (Phi) is 6.74. The number of ether oxygens (including phenoxy) is 1. The molecular weight excluding hydrogens is 460 g/mol. The zero-order chi connectivity index (χ0) is 21.0. The molecule has 0 saturated heterocycles. The van der Waals surface area contributed by atoms with Crippen LogP contribution in [-0.4, -0.2) is 43.1 Å². The van der Waals surface area contributed by atoms with Crippen molar-refractivity contribution in [3.05, 3.63) is 68.9 Å². The van der Waals surface area contributed by atoms with Gasteiger partial charge in [0.25, 0.3) is 5.56 Å². The summed E-state index contributed by atoms with van der Waals surface area (Å²) in [5, 5.41) is 9.95. The minimum atomic E-state index is -3.89. The van der Waals surface area contributed by atoms with Gasteiger partial charge in [0, 0.05) is 40.6 Å². The number of nitrogens with zero attached hydrogens (tertiary/aromatic N) is 1. The minimum Gasteiger partial charge on any atom is -0.497 e. The predicted octanol–water partition coefficient (Wildman–Crippen LogP) is 2.87. The van der Waals surface area contributed by atoms with Crippen molar-refractivity contribution in [1.82, 2.24) is 9.29 Å². The second kappa shape index (κ2) is 9.08. The Bertz CT molecular complexity index is 1180. The van der Waals surface area contributed by atoms with Crippen LogP contribution in [0.25, 0.3) is 10.9 Å². The van der Waals surface area contributed by atoms with Gasteiger partial charge in [-0.25, -0.2) is 8.42 Å². The summed E-state index contributed by atoms with van der Waals surface area (Å²) in [4.78, 5) is 15.5. The number of aromatic amines is 1. The number of hydrogen-bond acceptors (Lipinski definition) is 5. The van der Waals surface area contributed by atoms with E-state index in [1.165, 1.54) is 10.4 Å². The van der Waals surface area contributed by atoms with Gasteiger partial charge in [-0.3, -0.25) is 4.79 Å². The lowest BCUT2D eigenvalue weighted by molar-refractivity contribution is 0.267. The highest BCUT2D eigenvalue weighted by molar-refractivity contribution is 9.10. The Hall–Kier alpha value is -2.20. The summed E-state index contributed by atoms with van der Waals surface area (Å²) >= 11 is 3.28. The molecule has 1 aromatic heterocycles. The number of aliphatic hydroxyl groups is 1. The number of nitrogens with one attached hydrogen (secondary N) is 1. The third-order valence-corrected chi connectivity index (χ3v) is 7.35. The number of rotatable bonds is 8. The lowest BCUT2D eigenvalue weighted by Gasteiger charge is -2.22. The van der Waals surface area contributed by atoms with Crippen LogP contribution in [0.2, 0.25) is 0 Å². The molecule has 0 bridgehead atoms. The van der Waals surface area contributed by atoms with Crippen molar-refractivity contribution in [2.45, 2.75) is 17.9 Å². The smallest absolute Gasteiger partial charge is 0.252 e. The van der Waals surface area contributed by atoms with Crippen LogP contribution < -0.4 is 10.3 Å². The Morgan fingerprint density at radius 2 is 1.93 bits per heavy atom. The molecule has 3 aromatic rings. The van der Waals surface area contributed by atoms with Gasteiger partial charge in [0.05, 0.1) is 12.0 Å². The molecule has 0 amide bonds. The van der Waals surface area contributed by atoms with Crippen molar-refractivity contribution in [2.24, 2.45) is 0 Å². The molecule has 29 heavy (non-hydrogen) atoms. The summed E-state index contributed by atoms with van der Waals surface area (Å²) in [5.41, 5.74) is 0.577. The molecule has 0 unspecified atom stereocenters. The Labute approximate surface area is 177 Å². The molecule has 0 spiro atoms. The Morgan fingerprint density at radius 1 is 1.17 bits per heavy atom. The molecule has 0 saturated carbocycles. The maximum Gasteiger partial charge on any atom is 0.252 e. The summed E-state index contributed by atoms with van der Waals surface area (Å²) in [7, 11) is -2.34. The van der Waals surface area contributed by atoms with E-state index >= 15 is 0 Å². The maximum absolute atomic E-state index is 13.2. The second-order valence-corrected chi connectivity index (χ2v) is 9.18. The van der Waals surface area contributed by atoms with E-state index in [2.05, 4.69) is 20.9 Å². The van der Waals surface area contributed by atoms with Gasteiger partial charge in [-0.2, -0.15) is 4.31 Å². The van der Waals surface area contributed by atoms with Crippen LogP contribution in [0.4, 0.5) is 0 Å². The third-order valence-electron chi connectivity index (χ3n) is 4.50. The highest BCUT2D eigenvalue weighted by Gasteiger charge is 2.27. The number of hydrogen-bond donors (Lipinski definition) is 2. The van der Waals surface area contributed by atoms with Crippen molar-refractivity contribution in [3.8, 4) is 5.75 Å². The molecule has 7 nitrogen and oxygen atoms in total. The second-order valence-electron chi connectivity index (χ2n) is 6.42. The normalized spacial score (nSPS) is 11.9. The van der Waals surface area contributed by atoms with Crippen LogP contribution in [0.3, 0.4) is 0 Å². The fourth-order valence-corrected chi connectivity index (χ4v) is 5.41. The zero-order valence-corrected chi connectivity index (χ0v) is 18.2. The highest BCUT2D eigenvalue weighted by Crippen LogP contribution is 2.26. The molecule has 0 fully saturated rings. The van der Waals surface area contributed by atoms with Crippen molar-refractivity contribution in [1.29, 1.82) is 0 Å². The van der Waals surface area contributed by atoms with E-state index in [4.69, 9.17) is 4.74 Å². The Balaban J connectivity index is 2.04. The van der Waals surface area contributed by atoms with Crippen LogP contribution in [0.5, 0.6) is 5.75 Å². The summed E-state index contributed by atoms with van der Waals surface area (Å²) < 4.78 is 33.3. The van der Waals surface area contributed by atoms with Gasteiger partial charge in [-0.05, 0) is 58.7 Å². The average Bonchev–Trinajstić information content (AvgIpc) is 2.71. The molecule has 0 aliphatic carbocycles. The van der Waals surface area contributed by atoms with Crippen LogP contribution in [0, 0.1) is 0 Å². The van der Waals surface area contributed by atoms with Crippen molar-refractivity contribution in [2.75, 3.05) is 20.3 Å². The van der Waals surface area contributed by atoms with E-state index in [0.29, 0.717) is 21.3 Å². The van der Waals surface area contributed by atoms with E-state index in [0.717, 1.165) is 5.39 Å². The number of benzene rings is 2. The number of fused-ring (bicyclic) bond motifs is 1. The highest BCUT2D eigenvalue weighted by atomic mass is 79.9. The molecule has 0 aliphatic rings. The van der Waals surface area contributed by atoms with E-state index in [-0.39, 0.29) is 36.6 Å². The molecular formula is C20H21BrN2O5S. The monoisotopic (exact) mass is 480 g/mol. The van der Waals surface area contributed by atoms with Crippen molar-refractivity contribution >= 4 is 36.9 Å². The number of aromatic nitrogens is 1. The van der Waals surface area contributed by atoms with Gasteiger partial charge < -0.3 is 14.8 Å². The fraction of sp³-hybridized carbons (Fsp3) is 0.250. The van der Waals surface area contributed by atoms with Crippen LogP contribution in [0.15, 0.2) is 62.7 Å². The van der Waals surface area contributed by atoms with Crippen LogP contribution in [0.1, 0.15) is 12.0 Å². The molecule has 2 aromatic carbocycles. The van der Waals surface area contributed by atoms with Crippen LogP contribution >= 0.6 is 15.9 Å². The van der Waals surface area contributed by atoms with Crippen molar-refractivity contribution in [3.63, 3.8) is 0 Å². The lowest BCUT2D eigenvalue weighted by Crippen LogP contribution is -2.34. The summed E-state index contributed by atoms with van der Waals surface area (Å²) in [5.74, 6) is 0.633. The first kappa shape index (κ1) is 21.5. The molecule has 0 aliphatic heterocycles. The number of sulfonamides is 1. The van der Waals surface area contributed by atoms with Crippen LogP contribution in [-0.2, 0) is 16.6 Å². The Morgan fingerprint density at radius 3 is 2.62 bits per heavy atom. The van der Waals surface area contributed by atoms with Gasteiger partial charge in [0.15, 0.2) is 0 Å². The molecule has 0 radical (unpaired) electrons. The minimum absolute atomic E-state index is 0.0791. The first-order valence-corrected chi connectivity index (χ1v) is 11.2. The summed E-state index contributed by atoms with van der Waals surface area (Å²) in [6, 6.07) is 13.4. The van der Waals surface area contributed by atoms with Gasteiger partial charge in [-0.1, -0.05) is 12.1 Å². The number of pyridine rings is 1. The number of halogens is 1. The number of methoxy groups -OCH3 is 1. The maximum atomic E-state index is 13.2. The molecule has 9 heteroatoms. The quantitative estimate of drug-likeness (QED) is 0.516. The van der Waals surface area contributed by atoms with E-state index in [1.807, 2.05) is 0 Å². The van der Waals surface area contributed by atoms with Crippen molar-refractivity contribution < 1.29 is 18.3 Å². The largest absolute Gasteiger partial charge is 0.497 e. The van der Waals surface area contributed by atoms with E-state index < -0.39 is 10.0 Å². The van der Waals surface area contributed by atoms with Gasteiger partial charge >= 0.3 is 0 Å². The lowest BCUT2D eigenvalue weighted by atomic mass is 10.1. The fourth-order valence-electron chi connectivity index (χ4n) is 2.99. The molecule has 3 rings (SSSR count). The number of aliphatic hydroxyl groups excluding tert-OH is 1. The predicted molar refractivity (Wildman–Crippen MR) is 115 cm³/mol. The molecule has 2 N–H and O–H groups in total. The summed E-state index contributed by atoms with van der Waals surface area (Å²) in [6.07, 6.45) is 0.253. The molecule has 1 heterocycles. The van der Waals surface area contributed by atoms with Gasteiger partial charge in [-0.15, -0.1) is 0 Å². The molecule has 154 valence electrons. The third kappa shape index (κ3) is 4.69. The van der Waals surface area contributed by atoms with E-state index in [1.54, 1.807) is 49.6 Å². The summed E-state index contributed by atoms with van der Waals surface area (Å²) in [6.45, 7) is -0.199. The van der Waals surface area contributed by atoms with E-state index in [9.17, 15) is 18.3 Å². The SMILES string of the molecule is COc1ccc2[nH]c(=O)c(CN(CCCO)S(=O)(=O)c3ccccc3Br)cc2c1. The topological polar surface area (TPSA) is 99.7 Å². The number of H-pyrrole nitrogens is 1. The average molecular weight is 481 g/mol. The first-order chi connectivity index (χ1) is 13.9. The first-order valence-electron chi connectivity index (χ1n) is 8.92. The van der Waals surface area contributed by atoms with Gasteiger partial charge in [0.2, 0.25) is 10.0 Å². The standard InChI is InChI=1S/C20H21BrN2O5S/c1-28-16-7-8-18-14(12-16)11-15(20(25)22-18)13-23(9-4-10-24)29(26,27)19-6-3-2-5-17(19)21/h2-3,5-8,11-12,24H,4,9-10,13H2,1H3,(H,22,25). The zero-order valence-electron chi connectivity index (χ0n) is 15.8. The molecule has 0 atom stereocenters. The van der Waals surface area contributed by atoms with Gasteiger partial charge in [0.1, 0.15) is 5.75 Å².